The Bertz CT molecular complexity index is 513. The number of carbonyl (C=O) groups is 2. The van der Waals surface area contributed by atoms with Crippen LogP contribution in [0, 0.1) is 0 Å². The first-order valence-corrected chi connectivity index (χ1v) is 7.68. The van der Waals surface area contributed by atoms with Gasteiger partial charge >= 0.3 is 0 Å². The van der Waals surface area contributed by atoms with Crippen molar-refractivity contribution < 1.29 is 9.59 Å². The number of nitrogens with one attached hydrogen (secondary N) is 1. The Hall–Kier alpha value is -1.62. The topological polar surface area (TPSA) is 62.3 Å². The number of halogens is 1. The number of rotatable bonds is 4. The number of amides is 2. The Morgan fingerprint density at radius 2 is 2.14 bits per heavy atom. The smallest absolute Gasteiger partial charge is 0.254 e. The van der Waals surface area contributed by atoms with Crippen molar-refractivity contribution in [2.75, 3.05) is 13.1 Å². The molecule has 1 aromatic heterocycles. The quantitative estimate of drug-likeness (QED) is 0.868. The fourth-order valence-corrected chi connectivity index (χ4v) is 2.65. The number of nitrogens with zero attached hydrogens (tertiary/aromatic N) is 2. The summed E-state index contributed by atoms with van der Waals surface area (Å²) in [4.78, 5) is 29.6. The summed E-state index contributed by atoms with van der Waals surface area (Å²) in [6, 6.07) is 3.43. The summed E-state index contributed by atoms with van der Waals surface area (Å²) in [6.07, 6.45) is 4.54. The highest BCUT2D eigenvalue weighted by atomic mass is 35.5. The average molecular weight is 310 g/mol. The van der Waals surface area contributed by atoms with Gasteiger partial charge in [-0.05, 0) is 31.4 Å². The van der Waals surface area contributed by atoms with E-state index in [1.165, 1.54) is 6.20 Å². The lowest BCUT2D eigenvalue weighted by Crippen LogP contribution is -2.46. The van der Waals surface area contributed by atoms with Crippen molar-refractivity contribution in [3.63, 3.8) is 0 Å². The van der Waals surface area contributed by atoms with Gasteiger partial charge in [0.2, 0.25) is 5.91 Å². The minimum atomic E-state index is -0.0300. The second kappa shape index (κ2) is 7.41. The van der Waals surface area contributed by atoms with E-state index < -0.39 is 0 Å². The van der Waals surface area contributed by atoms with Crippen LogP contribution in [0.2, 0.25) is 5.15 Å². The highest BCUT2D eigenvalue weighted by Gasteiger charge is 2.24. The van der Waals surface area contributed by atoms with Crippen LogP contribution >= 0.6 is 11.6 Å². The van der Waals surface area contributed by atoms with Crippen molar-refractivity contribution in [2.45, 2.75) is 38.6 Å². The normalized spacial score (nSPS) is 15.8. The van der Waals surface area contributed by atoms with Crippen LogP contribution in [0.3, 0.4) is 0 Å². The minimum absolute atomic E-state index is 0.0300. The highest BCUT2D eigenvalue weighted by Crippen LogP contribution is 2.15. The third-order valence-electron chi connectivity index (χ3n) is 3.60. The molecule has 1 aliphatic heterocycles. The molecule has 0 saturated carbocycles. The first-order chi connectivity index (χ1) is 10.1. The van der Waals surface area contributed by atoms with Crippen molar-refractivity contribution in [2.24, 2.45) is 0 Å². The monoisotopic (exact) mass is 309 g/mol. The lowest BCUT2D eigenvalue weighted by Gasteiger charge is -2.32. The zero-order valence-electron chi connectivity index (χ0n) is 12.1. The summed E-state index contributed by atoms with van der Waals surface area (Å²) in [5.74, 6) is 0.0702. The van der Waals surface area contributed by atoms with Gasteiger partial charge < -0.3 is 10.2 Å². The molecule has 0 spiro atoms. The first kappa shape index (κ1) is 15.8. The molecule has 1 aliphatic rings. The number of piperidine rings is 1. The van der Waals surface area contributed by atoms with Gasteiger partial charge in [-0.25, -0.2) is 4.98 Å². The maximum absolute atomic E-state index is 12.3. The predicted octanol–water partition coefficient (Wildman–Crippen LogP) is 2.26. The van der Waals surface area contributed by atoms with E-state index in [4.69, 9.17) is 11.6 Å². The fraction of sp³-hybridized carbons (Fsp3) is 0.533. The molecule has 0 aromatic carbocycles. The second-order valence-corrected chi connectivity index (χ2v) is 5.64. The van der Waals surface area contributed by atoms with E-state index in [-0.39, 0.29) is 17.9 Å². The van der Waals surface area contributed by atoms with Gasteiger partial charge in [0.15, 0.2) is 0 Å². The van der Waals surface area contributed by atoms with E-state index in [1.807, 2.05) is 6.92 Å². The van der Waals surface area contributed by atoms with Gasteiger partial charge in [0.05, 0.1) is 0 Å². The van der Waals surface area contributed by atoms with Gasteiger partial charge in [-0.2, -0.15) is 0 Å². The van der Waals surface area contributed by atoms with E-state index in [1.54, 1.807) is 17.0 Å². The standard InChI is InChI=1S/C15H20ClN3O2/c1-2-3-14(20)18-12-5-8-19(9-6-12)15(21)11-4-7-17-13(16)10-11/h4,7,10,12H,2-3,5-6,8-9H2,1H3,(H,18,20). The average Bonchev–Trinajstić information content (AvgIpc) is 2.47. The molecule has 1 saturated heterocycles. The van der Waals surface area contributed by atoms with Gasteiger partial charge in [0.25, 0.3) is 5.91 Å². The number of carbonyl (C=O) groups excluding carboxylic acids is 2. The number of aromatic nitrogens is 1. The van der Waals surface area contributed by atoms with Crippen molar-refractivity contribution in [3.05, 3.63) is 29.0 Å². The molecule has 1 fully saturated rings. The molecule has 21 heavy (non-hydrogen) atoms. The molecule has 0 bridgehead atoms. The Morgan fingerprint density at radius 1 is 1.43 bits per heavy atom. The molecular weight excluding hydrogens is 290 g/mol. The van der Waals surface area contributed by atoms with Crippen LogP contribution in [0.4, 0.5) is 0 Å². The lowest BCUT2D eigenvalue weighted by atomic mass is 10.0. The number of likely N-dealkylation sites (tertiary alicyclic amines) is 1. The first-order valence-electron chi connectivity index (χ1n) is 7.30. The largest absolute Gasteiger partial charge is 0.353 e. The molecule has 0 atom stereocenters. The van der Waals surface area contributed by atoms with Crippen LogP contribution < -0.4 is 5.32 Å². The second-order valence-electron chi connectivity index (χ2n) is 5.25. The van der Waals surface area contributed by atoms with Crippen molar-refractivity contribution >= 4 is 23.4 Å². The molecule has 1 aromatic rings. The van der Waals surface area contributed by atoms with Gasteiger partial charge in [-0.3, -0.25) is 9.59 Å². The Morgan fingerprint density at radius 3 is 2.76 bits per heavy atom. The van der Waals surface area contributed by atoms with Crippen LogP contribution in [-0.2, 0) is 4.79 Å². The highest BCUT2D eigenvalue weighted by molar-refractivity contribution is 6.29. The molecule has 114 valence electrons. The summed E-state index contributed by atoms with van der Waals surface area (Å²) >= 11 is 5.81. The molecule has 2 amide bonds. The molecule has 0 radical (unpaired) electrons. The summed E-state index contributed by atoms with van der Waals surface area (Å²) in [5, 5.41) is 3.34. The van der Waals surface area contributed by atoms with E-state index in [2.05, 4.69) is 10.3 Å². The van der Waals surface area contributed by atoms with Crippen LogP contribution in [0.1, 0.15) is 43.0 Å². The predicted molar refractivity (Wildman–Crippen MR) is 81.2 cm³/mol. The van der Waals surface area contributed by atoms with Gasteiger partial charge in [0.1, 0.15) is 5.15 Å². The summed E-state index contributed by atoms with van der Waals surface area (Å²) in [7, 11) is 0. The molecule has 2 heterocycles. The summed E-state index contributed by atoms with van der Waals surface area (Å²) in [6.45, 7) is 3.28. The van der Waals surface area contributed by atoms with E-state index >= 15 is 0 Å². The van der Waals surface area contributed by atoms with Crippen LogP contribution in [-0.4, -0.2) is 40.8 Å². The number of hydrogen-bond donors (Lipinski definition) is 1. The Labute approximate surface area is 129 Å². The molecule has 0 unspecified atom stereocenters. The summed E-state index contributed by atoms with van der Waals surface area (Å²) in [5.41, 5.74) is 0.559. The zero-order chi connectivity index (χ0) is 15.2. The Kier molecular flexibility index (Phi) is 5.56. The molecule has 5 nitrogen and oxygen atoms in total. The third kappa shape index (κ3) is 4.43. The molecule has 2 rings (SSSR count). The van der Waals surface area contributed by atoms with Gasteiger partial charge in [-0.1, -0.05) is 18.5 Å². The molecular formula is C15H20ClN3O2. The number of pyridine rings is 1. The lowest BCUT2D eigenvalue weighted by molar-refractivity contribution is -0.122. The maximum Gasteiger partial charge on any atom is 0.254 e. The minimum Gasteiger partial charge on any atom is -0.353 e. The molecule has 1 N–H and O–H groups in total. The van der Waals surface area contributed by atoms with E-state index in [0.717, 1.165) is 19.3 Å². The maximum atomic E-state index is 12.3. The van der Waals surface area contributed by atoms with E-state index in [9.17, 15) is 9.59 Å². The number of hydrogen-bond acceptors (Lipinski definition) is 3. The Balaban J connectivity index is 1.86. The SMILES string of the molecule is CCCC(=O)NC1CCN(C(=O)c2ccnc(Cl)c2)CC1. The summed E-state index contributed by atoms with van der Waals surface area (Å²) < 4.78 is 0. The van der Waals surface area contributed by atoms with E-state index in [0.29, 0.717) is 30.2 Å². The molecule has 0 aliphatic carbocycles. The zero-order valence-corrected chi connectivity index (χ0v) is 12.9. The third-order valence-corrected chi connectivity index (χ3v) is 3.80. The fourth-order valence-electron chi connectivity index (χ4n) is 2.47. The van der Waals surface area contributed by atoms with Crippen LogP contribution in [0.5, 0.6) is 0 Å². The van der Waals surface area contributed by atoms with Gasteiger partial charge in [-0.15, -0.1) is 0 Å². The van der Waals surface area contributed by atoms with Gasteiger partial charge in [0, 0.05) is 37.3 Å². The van der Waals surface area contributed by atoms with Crippen molar-refractivity contribution in [3.8, 4) is 0 Å². The molecule has 6 heteroatoms. The van der Waals surface area contributed by atoms with Crippen LogP contribution in [0.25, 0.3) is 0 Å². The van der Waals surface area contributed by atoms with Crippen molar-refractivity contribution in [1.82, 2.24) is 15.2 Å². The van der Waals surface area contributed by atoms with Crippen molar-refractivity contribution in [1.29, 1.82) is 0 Å². The van der Waals surface area contributed by atoms with Crippen LogP contribution in [0.15, 0.2) is 18.3 Å².